The van der Waals surface area contributed by atoms with Crippen LogP contribution in [0.2, 0.25) is 5.02 Å². The van der Waals surface area contributed by atoms with Gasteiger partial charge in [-0.25, -0.2) is 9.97 Å². The summed E-state index contributed by atoms with van der Waals surface area (Å²) in [6, 6.07) is 10.5. The van der Waals surface area contributed by atoms with Gasteiger partial charge in [-0.05, 0) is 36.6 Å². The number of aromatic nitrogens is 3. The van der Waals surface area contributed by atoms with Crippen LogP contribution in [0.1, 0.15) is 24.4 Å². The number of anilines is 1. The van der Waals surface area contributed by atoms with Crippen molar-refractivity contribution in [2.24, 2.45) is 0 Å². The Labute approximate surface area is 127 Å². The van der Waals surface area contributed by atoms with E-state index < -0.39 is 0 Å². The Morgan fingerprint density at radius 1 is 1.14 bits per heavy atom. The molecule has 1 atom stereocenters. The number of H-pyrrole nitrogens is 1. The van der Waals surface area contributed by atoms with E-state index in [-0.39, 0.29) is 0 Å². The second-order valence-corrected chi connectivity index (χ2v) is 5.78. The minimum atomic E-state index is 0.357. The molecule has 0 radical (unpaired) electrons. The molecule has 0 bridgehead atoms. The van der Waals surface area contributed by atoms with Gasteiger partial charge in [0, 0.05) is 17.8 Å². The molecular formula is C16H15ClN4. The van der Waals surface area contributed by atoms with Gasteiger partial charge in [0.05, 0.1) is 11.4 Å². The highest BCUT2D eigenvalue weighted by Gasteiger charge is 2.28. The van der Waals surface area contributed by atoms with Crippen LogP contribution in [0, 0.1) is 0 Å². The Morgan fingerprint density at radius 2 is 2.00 bits per heavy atom. The summed E-state index contributed by atoms with van der Waals surface area (Å²) in [4.78, 5) is 14.3. The average molecular weight is 299 g/mol. The maximum atomic E-state index is 6.00. The van der Waals surface area contributed by atoms with E-state index in [2.05, 4.69) is 32.0 Å². The number of hydrogen-bond acceptors (Lipinski definition) is 3. The third-order valence-corrected chi connectivity index (χ3v) is 4.36. The van der Waals surface area contributed by atoms with Crippen LogP contribution in [0.25, 0.3) is 11.0 Å². The molecule has 3 heterocycles. The quantitative estimate of drug-likeness (QED) is 0.779. The lowest BCUT2D eigenvalue weighted by Crippen LogP contribution is -2.23. The molecule has 1 saturated heterocycles. The van der Waals surface area contributed by atoms with E-state index in [4.69, 9.17) is 11.6 Å². The smallest absolute Gasteiger partial charge is 0.142 e. The van der Waals surface area contributed by atoms with Crippen molar-refractivity contribution in [3.05, 3.63) is 53.4 Å². The van der Waals surface area contributed by atoms with Crippen LogP contribution in [0.15, 0.2) is 42.9 Å². The molecule has 0 amide bonds. The Hall–Kier alpha value is -2.07. The number of rotatable bonds is 2. The molecule has 5 heteroatoms. The van der Waals surface area contributed by atoms with Crippen molar-refractivity contribution < 1.29 is 0 Å². The third kappa shape index (κ3) is 2.16. The molecule has 1 aliphatic heterocycles. The standard InChI is InChI=1S/C16H15ClN4/c17-12-5-3-11(4-6-12)14-2-1-9-21(14)16-13-7-8-18-15(13)19-10-20-16/h3-8,10,14H,1-2,9H2,(H,18,19,20). The third-order valence-electron chi connectivity index (χ3n) is 4.11. The zero-order chi connectivity index (χ0) is 14.2. The molecule has 4 rings (SSSR count). The van der Waals surface area contributed by atoms with Gasteiger partial charge in [-0.3, -0.25) is 0 Å². The van der Waals surface area contributed by atoms with Crippen molar-refractivity contribution in [3.63, 3.8) is 0 Å². The summed E-state index contributed by atoms with van der Waals surface area (Å²) >= 11 is 6.00. The Kier molecular flexibility index (Phi) is 3.04. The first kappa shape index (κ1) is 12.7. The van der Waals surface area contributed by atoms with E-state index in [0.29, 0.717) is 6.04 Å². The summed E-state index contributed by atoms with van der Waals surface area (Å²) in [5, 5.41) is 1.86. The number of benzene rings is 1. The molecule has 1 fully saturated rings. The highest BCUT2D eigenvalue weighted by Crippen LogP contribution is 2.37. The summed E-state index contributed by atoms with van der Waals surface area (Å²) in [7, 11) is 0. The number of hydrogen-bond donors (Lipinski definition) is 1. The van der Waals surface area contributed by atoms with Crippen LogP contribution < -0.4 is 4.90 Å². The van der Waals surface area contributed by atoms with Crippen LogP contribution >= 0.6 is 11.6 Å². The fraction of sp³-hybridized carbons (Fsp3) is 0.250. The fourth-order valence-electron chi connectivity index (χ4n) is 3.14. The van der Waals surface area contributed by atoms with Crippen molar-refractivity contribution in [1.82, 2.24) is 15.0 Å². The lowest BCUT2D eigenvalue weighted by Gasteiger charge is -2.26. The molecule has 1 unspecified atom stereocenters. The molecule has 2 aromatic heterocycles. The molecule has 106 valence electrons. The number of fused-ring (bicyclic) bond motifs is 1. The van der Waals surface area contributed by atoms with E-state index in [9.17, 15) is 0 Å². The Balaban J connectivity index is 1.76. The van der Waals surface area contributed by atoms with E-state index >= 15 is 0 Å². The minimum Gasteiger partial charge on any atom is -0.349 e. The molecule has 1 aliphatic rings. The first-order valence-corrected chi connectivity index (χ1v) is 7.51. The molecule has 21 heavy (non-hydrogen) atoms. The van der Waals surface area contributed by atoms with Crippen molar-refractivity contribution in [3.8, 4) is 0 Å². The average Bonchev–Trinajstić information content (AvgIpc) is 3.16. The van der Waals surface area contributed by atoms with Gasteiger partial charge < -0.3 is 9.88 Å². The van der Waals surface area contributed by atoms with Crippen LogP contribution in [-0.4, -0.2) is 21.5 Å². The monoisotopic (exact) mass is 298 g/mol. The van der Waals surface area contributed by atoms with Crippen LogP contribution in [0.3, 0.4) is 0 Å². The highest BCUT2D eigenvalue weighted by molar-refractivity contribution is 6.30. The zero-order valence-corrected chi connectivity index (χ0v) is 12.2. The van der Waals surface area contributed by atoms with E-state index in [1.807, 2.05) is 24.4 Å². The van der Waals surface area contributed by atoms with E-state index in [1.54, 1.807) is 6.33 Å². The molecule has 3 aromatic rings. The highest BCUT2D eigenvalue weighted by atomic mass is 35.5. The normalized spacial score (nSPS) is 18.5. The molecule has 4 nitrogen and oxygen atoms in total. The van der Waals surface area contributed by atoms with Crippen LogP contribution in [-0.2, 0) is 0 Å². The first-order chi connectivity index (χ1) is 10.3. The van der Waals surface area contributed by atoms with Gasteiger partial charge in [0.2, 0.25) is 0 Å². The van der Waals surface area contributed by atoms with Gasteiger partial charge in [-0.2, -0.15) is 0 Å². The zero-order valence-electron chi connectivity index (χ0n) is 11.5. The lowest BCUT2D eigenvalue weighted by molar-refractivity contribution is 0.713. The van der Waals surface area contributed by atoms with Gasteiger partial charge in [-0.1, -0.05) is 23.7 Å². The predicted molar refractivity (Wildman–Crippen MR) is 84.7 cm³/mol. The summed E-state index contributed by atoms with van der Waals surface area (Å²) < 4.78 is 0. The van der Waals surface area contributed by atoms with Crippen molar-refractivity contribution in [1.29, 1.82) is 0 Å². The van der Waals surface area contributed by atoms with Gasteiger partial charge in [0.25, 0.3) is 0 Å². The molecule has 0 aliphatic carbocycles. The topological polar surface area (TPSA) is 44.8 Å². The molecule has 0 spiro atoms. The minimum absolute atomic E-state index is 0.357. The van der Waals surface area contributed by atoms with Gasteiger partial charge in [0.15, 0.2) is 0 Å². The second-order valence-electron chi connectivity index (χ2n) is 5.34. The lowest BCUT2D eigenvalue weighted by atomic mass is 10.0. The summed E-state index contributed by atoms with van der Waals surface area (Å²) in [5.41, 5.74) is 2.18. The predicted octanol–water partition coefficient (Wildman–Crippen LogP) is 3.95. The van der Waals surface area contributed by atoms with Gasteiger partial charge in [-0.15, -0.1) is 0 Å². The first-order valence-electron chi connectivity index (χ1n) is 7.13. The number of nitrogens with zero attached hydrogens (tertiary/aromatic N) is 3. The summed E-state index contributed by atoms with van der Waals surface area (Å²) in [6.07, 6.45) is 5.85. The number of nitrogens with one attached hydrogen (secondary N) is 1. The number of halogens is 1. The van der Waals surface area contributed by atoms with E-state index in [1.165, 1.54) is 12.0 Å². The van der Waals surface area contributed by atoms with Crippen LogP contribution in [0.4, 0.5) is 5.82 Å². The molecule has 1 N–H and O–H groups in total. The van der Waals surface area contributed by atoms with Crippen molar-refractivity contribution in [2.75, 3.05) is 11.4 Å². The van der Waals surface area contributed by atoms with Gasteiger partial charge in [0.1, 0.15) is 17.8 Å². The second kappa shape index (κ2) is 5.04. The fourth-order valence-corrected chi connectivity index (χ4v) is 3.27. The number of aromatic amines is 1. The van der Waals surface area contributed by atoms with E-state index in [0.717, 1.165) is 34.8 Å². The van der Waals surface area contributed by atoms with Crippen molar-refractivity contribution in [2.45, 2.75) is 18.9 Å². The Morgan fingerprint density at radius 3 is 2.86 bits per heavy atom. The van der Waals surface area contributed by atoms with Crippen molar-refractivity contribution >= 4 is 28.5 Å². The Bertz CT molecular complexity index is 765. The maximum absolute atomic E-state index is 6.00. The molecule has 0 saturated carbocycles. The van der Waals surface area contributed by atoms with Crippen LogP contribution in [0.5, 0.6) is 0 Å². The molecule has 1 aromatic carbocycles. The maximum Gasteiger partial charge on any atom is 0.142 e. The largest absolute Gasteiger partial charge is 0.349 e. The SMILES string of the molecule is Clc1ccc(C2CCCN2c2ncnc3[nH]ccc23)cc1. The molecular weight excluding hydrogens is 284 g/mol. The summed E-state index contributed by atoms with van der Waals surface area (Å²) in [5.74, 6) is 1.01. The summed E-state index contributed by atoms with van der Waals surface area (Å²) in [6.45, 7) is 1.02. The van der Waals surface area contributed by atoms with Gasteiger partial charge >= 0.3 is 0 Å².